The largest absolute Gasteiger partial charge is 0.371 e. The van der Waals surface area contributed by atoms with E-state index in [0.717, 1.165) is 18.2 Å². The zero-order valence-electron chi connectivity index (χ0n) is 12.8. The van der Waals surface area contributed by atoms with Gasteiger partial charge in [0.25, 0.3) is 0 Å². The lowest BCUT2D eigenvalue weighted by Gasteiger charge is -2.18. The summed E-state index contributed by atoms with van der Waals surface area (Å²) in [7, 11) is 1.43. The Hall–Kier alpha value is -3.01. The first kappa shape index (κ1) is 17.3. The first-order chi connectivity index (χ1) is 11.4. The highest BCUT2D eigenvalue weighted by Crippen LogP contribution is 2.18. The predicted molar refractivity (Wildman–Crippen MR) is 82.4 cm³/mol. The molecule has 0 aliphatic heterocycles. The van der Waals surface area contributed by atoms with Gasteiger partial charge in [-0.05, 0) is 30.3 Å². The summed E-state index contributed by atoms with van der Waals surface area (Å²) in [5, 5.41) is 11.2. The number of para-hydroxylation sites is 1. The van der Waals surface area contributed by atoms with Crippen LogP contribution < -0.4 is 5.32 Å². The molecule has 0 saturated carbocycles. The first-order valence-corrected chi connectivity index (χ1v) is 7.02. The standard InChI is InChI=1S/C17H14F3N3O/c1-23(10-12-7-11(8-21)5-6-13(12)18)16(24)9-22-17-14(19)3-2-4-15(17)20/h2-7,22H,9-10H2,1H3. The summed E-state index contributed by atoms with van der Waals surface area (Å²) in [5.41, 5.74) is 0.0673. The van der Waals surface area contributed by atoms with Gasteiger partial charge in [0.1, 0.15) is 23.1 Å². The van der Waals surface area contributed by atoms with Gasteiger partial charge in [-0.3, -0.25) is 4.79 Å². The molecule has 0 bridgehead atoms. The highest BCUT2D eigenvalue weighted by atomic mass is 19.1. The van der Waals surface area contributed by atoms with Crippen LogP contribution in [0.3, 0.4) is 0 Å². The van der Waals surface area contributed by atoms with Crippen molar-refractivity contribution < 1.29 is 18.0 Å². The second-order valence-corrected chi connectivity index (χ2v) is 5.12. The molecular formula is C17H14F3N3O. The normalized spacial score (nSPS) is 10.1. The fraction of sp³-hybridized carbons (Fsp3) is 0.176. The monoisotopic (exact) mass is 333 g/mol. The van der Waals surface area contributed by atoms with Crippen molar-refractivity contribution in [1.82, 2.24) is 4.90 Å². The quantitative estimate of drug-likeness (QED) is 0.915. The molecule has 1 amide bonds. The summed E-state index contributed by atoms with van der Waals surface area (Å²) in [6, 6.07) is 9.09. The zero-order valence-corrected chi connectivity index (χ0v) is 12.8. The molecule has 24 heavy (non-hydrogen) atoms. The van der Waals surface area contributed by atoms with Gasteiger partial charge in [0.15, 0.2) is 0 Å². The van der Waals surface area contributed by atoms with Crippen molar-refractivity contribution >= 4 is 11.6 Å². The number of amides is 1. The average molecular weight is 333 g/mol. The summed E-state index contributed by atoms with van der Waals surface area (Å²) in [6.07, 6.45) is 0. The third-order valence-electron chi connectivity index (χ3n) is 3.39. The molecule has 124 valence electrons. The Morgan fingerprint density at radius 2 is 1.83 bits per heavy atom. The summed E-state index contributed by atoms with van der Waals surface area (Å²) in [5.74, 6) is -2.64. The lowest BCUT2D eigenvalue weighted by atomic mass is 10.1. The van der Waals surface area contributed by atoms with Crippen LogP contribution in [0.4, 0.5) is 18.9 Å². The van der Waals surface area contributed by atoms with E-state index in [-0.39, 0.29) is 24.2 Å². The van der Waals surface area contributed by atoms with E-state index in [9.17, 15) is 18.0 Å². The number of likely N-dealkylation sites (N-methyl/N-ethyl adjacent to an activating group) is 1. The molecule has 0 aliphatic rings. The number of nitrogens with zero attached hydrogens (tertiary/aromatic N) is 2. The minimum absolute atomic E-state index is 0.0678. The van der Waals surface area contributed by atoms with E-state index in [0.29, 0.717) is 0 Å². The van der Waals surface area contributed by atoms with Crippen molar-refractivity contribution in [3.8, 4) is 6.07 Å². The highest BCUT2D eigenvalue weighted by Gasteiger charge is 2.14. The van der Waals surface area contributed by atoms with Crippen LogP contribution in [0.15, 0.2) is 36.4 Å². The molecule has 0 heterocycles. The van der Waals surface area contributed by atoms with Gasteiger partial charge in [0.05, 0.1) is 18.2 Å². The molecule has 0 atom stereocenters. The van der Waals surface area contributed by atoms with Crippen LogP contribution in [-0.2, 0) is 11.3 Å². The fourth-order valence-corrected chi connectivity index (χ4v) is 2.07. The number of nitriles is 1. The lowest BCUT2D eigenvalue weighted by Crippen LogP contribution is -2.32. The molecular weight excluding hydrogens is 319 g/mol. The summed E-state index contributed by atoms with van der Waals surface area (Å²) in [4.78, 5) is 13.2. The van der Waals surface area contributed by atoms with Gasteiger partial charge in [0.2, 0.25) is 5.91 Å². The topological polar surface area (TPSA) is 56.1 Å². The molecule has 2 aromatic carbocycles. The van der Waals surface area contributed by atoms with Crippen LogP contribution in [-0.4, -0.2) is 24.4 Å². The number of carbonyl (C=O) groups excluding carboxylic acids is 1. The van der Waals surface area contributed by atoms with Crippen LogP contribution in [0.25, 0.3) is 0 Å². The van der Waals surface area contributed by atoms with Crippen molar-refractivity contribution in [3.05, 3.63) is 65.0 Å². The molecule has 0 radical (unpaired) electrons. The third-order valence-corrected chi connectivity index (χ3v) is 3.39. The maximum atomic E-state index is 13.7. The van der Waals surface area contributed by atoms with E-state index in [4.69, 9.17) is 5.26 Å². The van der Waals surface area contributed by atoms with Crippen molar-refractivity contribution in [2.24, 2.45) is 0 Å². The van der Waals surface area contributed by atoms with E-state index in [1.807, 2.05) is 6.07 Å². The summed E-state index contributed by atoms with van der Waals surface area (Å²) in [6.45, 7) is -0.421. The second kappa shape index (κ2) is 7.51. The minimum atomic E-state index is -0.807. The third kappa shape index (κ3) is 4.04. The second-order valence-electron chi connectivity index (χ2n) is 5.12. The number of hydrogen-bond donors (Lipinski definition) is 1. The SMILES string of the molecule is CN(Cc1cc(C#N)ccc1F)C(=O)CNc1c(F)cccc1F. The van der Waals surface area contributed by atoms with Gasteiger partial charge < -0.3 is 10.2 Å². The van der Waals surface area contributed by atoms with Crippen molar-refractivity contribution in [3.63, 3.8) is 0 Å². The number of carbonyl (C=O) groups is 1. The van der Waals surface area contributed by atoms with Crippen LogP contribution in [0.2, 0.25) is 0 Å². The smallest absolute Gasteiger partial charge is 0.241 e. The van der Waals surface area contributed by atoms with E-state index in [1.165, 1.54) is 30.1 Å². The van der Waals surface area contributed by atoms with E-state index < -0.39 is 29.0 Å². The van der Waals surface area contributed by atoms with E-state index >= 15 is 0 Å². The van der Waals surface area contributed by atoms with Gasteiger partial charge >= 0.3 is 0 Å². The number of anilines is 1. The Labute approximate surface area is 137 Å². The molecule has 1 N–H and O–H groups in total. The number of hydrogen-bond acceptors (Lipinski definition) is 3. The first-order valence-electron chi connectivity index (χ1n) is 7.02. The maximum absolute atomic E-state index is 13.7. The van der Waals surface area contributed by atoms with Gasteiger partial charge in [-0.25, -0.2) is 13.2 Å². The Kier molecular flexibility index (Phi) is 5.42. The molecule has 0 unspecified atom stereocenters. The Morgan fingerprint density at radius 3 is 2.46 bits per heavy atom. The summed E-state index contributed by atoms with van der Waals surface area (Å²) < 4.78 is 40.7. The zero-order chi connectivity index (χ0) is 17.7. The Morgan fingerprint density at radius 1 is 1.17 bits per heavy atom. The Bertz CT molecular complexity index is 782. The molecule has 0 fully saturated rings. The lowest BCUT2D eigenvalue weighted by molar-refractivity contribution is -0.128. The van der Waals surface area contributed by atoms with E-state index in [2.05, 4.69) is 5.32 Å². The van der Waals surface area contributed by atoms with Crippen molar-refractivity contribution in [2.45, 2.75) is 6.54 Å². The van der Waals surface area contributed by atoms with Gasteiger partial charge in [-0.1, -0.05) is 6.07 Å². The van der Waals surface area contributed by atoms with Gasteiger partial charge in [-0.2, -0.15) is 5.26 Å². The molecule has 7 heteroatoms. The fourth-order valence-electron chi connectivity index (χ4n) is 2.07. The molecule has 4 nitrogen and oxygen atoms in total. The van der Waals surface area contributed by atoms with Gasteiger partial charge in [0, 0.05) is 19.2 Å². The molecule has 0 aliphatic carbocycles. The molecule has 0 aromatic heterocycles. The number of halogens is 3. The number of nitrogens with one attached hydrogen (secondary N) is 1. The molecule has 0 saturated heterocycles. The van der Waals surface area contributed by atoms with Crippen LogP contribution >= 0.6 is 0 Å². The maximum Gasteiger partial charge on any atom is 0.241 e. The molecule has 0 spiro atoms. The van der Waals surface area contributed by atoms with Gasteiger partial charge in [-0.15, -0.1) is 0 Å². The average Bonchev–Trinajstić information content (AvgIpc) is 2.56. The van der Waals surface area contributed by atoms with Crippen LogP contribution in [0, 0.1) is 28.8 Å². The van der Waals surface area contributed by atoms with Crippen LogP contribution in [0.5, 0.6) is 0 Å². The van der Waals surface area contributed by atoms with Crippen molar-refractivity contribution in [1.29, 1.82) is 5.26 Å². The van der Waals surface area contributed by atoms with Crippen LogP contribution in [0.1, 0.15) is 11.1 Å². The minimum Gasteiger partial charge on any atom is -0.371 e. The highest BCUT2D eigenvalue weighted by molar-refractivity contribution is 5.80. The molecule has 2 rings (SSSR count). The molecule has 2 aromatic rings. The van der Waals surface area contributed by atoms with E-state index in [1.54, 1.807) is 0 Å². The number of benzene rings is 2. The van der Waals surface area contributed by atoms with Crippen molar-refractivity contribution in [2.75, 3.05) is 18.9 Å². The Balaban J connectivity index is 2.02. The summed E-state index contributed by atoms with van der Waals surface area (Å²) >= 11 is 0. The number of rotatable bonds is 5. The predicted octanol–water partition coefficient (Wildman–Crippen LogP) is 3.05.